The highest BCUT2D eigenvalue weighted by Crippen LogP contribution is 2.30. The van der Waals surface area contributed by atoms with Gasteiger partial charge in [-0.1, -0.05) is 27.7 Å². The molecule has 2 aromatic rings. The summed E-state index contributed by atoms with van der Waals surface area (Å²) in [6.07, 6.45) is 4.62. The van der Waals surface area contributed by atoms with Crippen molar-refractivity contribution in [2.75, 3.05) is 0 Å². The maximum absolute atomic E-state index is 11.4. The summed E-state index contributed by atoms with van der Waals surface area (Å²) in [6.45, 7) is 8.18. The maximum atomic E-state index is 11.4. The lowest BCUT2D eigenvalue weighted by atomic mass is 9.94. The van der Waals surface area contributed by atoms with E-state index in [9.17, 15) is 4.79 Å². The number of thioether (sulfide) groups is 1. The number of aromatic nitrogens is 2. The number of thiazole rings is 1. The fourth-order valence-corrected chi connectivity index (χ4v) is 3.50. The van der Waals surface area contributed by atoms with E-state index in [1.165, 1.54) is 0 Å². The van der Waals surface area contributed by atoms with Crippen LogP contribution in [0.2, 0.25) is 0 Å². The van der Waals surface area contributed by atoms with Crippen LogP contribution in [0.1, 0.15) is 50.8 Å². The van der Waals surface area contributed by atoms with Crippen molar-refractivity contribution in [3.05, 3.63) is 29.1 Å². The molecular formula is C15H20N2O2S2. The summed E-state index contributed by atoms with van der Waals surface area (Å²) >= 11 is 3.21. The molecule has 6 heteroatoms. The van der Waals surface area contributed by atoms with Crippen LogP contribution in [0.3, 0.4) is 0 Å². The van der Waals surface area contributed by atoms with Crippen molar-refractivity contribution >= 4 is 28.9 Å². The van der Waals surface area contributed by atoms with E-state index in [1.54, 1.807) is 29.3 Å². The minimum atomic E-state index is -0.0198. The molecule has 0 aliphatic rings. The first kappa shape index (κ1) is 16.2. The summed E-state index contributed by atoms with van der Waals surface area (Å²) in [5.74, 6) is 2.53. The fraction of sp³-hybridized carbons (Fsp3) is 0.533. The van der Waals surface area contributed by atoms with Crippen molar-refractivity contribution in [1.29, 1.82) is 0 Å². The molecule has 2 aromatic heterocycles. The van der Waals surface area contributed by atoms with Crippen molar-refractivity contribution in [2.24, 2.45) is 0 Å². The normalized spacial score (nSPS) is 11.8. The van der Waals surface area contributed by atoms with Gasteiger partial charge >= 0.3 is 0 Å². The molecule has 0 saturated carbocycles. The van der Waals surface area contributed by atoms with Gasteiger partial charge < -0.3 is 4.42 Å². The number of oxazole rings is 1. The monoisotopic (exact) mass is 324 g/mol. The topological polar surface area (TPSA) is 56.0 Å². The largest absolute Gasteiger partial charge is 0.444 e. The number of carbonyl (C=O) groups excluding carboxylic acids is 1. The molecule has 114 valence electrons. The number of rotatable bonds is 6. The van der Waals surface area contributed by atoms with Crippen molar-refractivity contribution in [3.63, 3.8) is 0 Å². The molecular weight excluding hydrogens is 304 g/mol. The second kappa shape index (κ2) is 6.75. The lowest BCUT2D eigenvalue weighted by Gasteiger charge is -2.12. The van der Waals surface area contributed by atoms with Crippen molar-refractivity contribution in [1.82, 2.24) is 9.97 Å². The average molecular weight is 324 g/mol. The van der Waals surface area contributed by atoms with Crippen LogP contribution in [0.4, 0.5) is 0 Å². The molecule has 2 heterocycles. The summed E-state index contributed by atoms with van der Waals surface area (Å²) in [7, 11) is 0. The highest BCUT2D eigenvalue weighted by atomic mass is 32.2. The second-order valence-electron chi connectivity index (χ2n) is 5.80. The molecule has 21 heavy (non-hydrogen) atoms. The van der Waals surface area contributed by atoms with Gasteiger partial charge in [-0.3, -0.25) is 4.79 Å². The van der Waals surface area contributed by atoms with Gasteiger partial charge in [-0.15, -0.1) is 23.1 Å². The van der Waals surface area contributed by atoms with Crippen LogP contribution in [-0.2, 0) is 22.4 Å². The van der Waals surface area contributed by atoms with Crippen LogP contribution in [-0.4, -0.2) is 15.8 Å². The fourth-order valence-electron chi connectivity index (χ4n) is 1.59. The number of hydrogen-bond donors (Lipinski definition) is 0. The Balaban J connectivity index is 1.91. The Kier molecular flexibility index (Phi) is 5.22. The van der Waals surface area contributed by atoms with Crippen molar-refractivity contribution in [2.45, 2.75) is 55.9 Å². The molecule has 0 saturated heterocycles. The molecule has 0 spiro atoms. The van der Waals surface area contributed by atoms with E-state index in [1.807, 2.05) is 13.1 Å². The molecule has 0 radical (unpaired) electrons. The van der Waals surface area contributed by atoms with E-state index in [-0.39, 0.29) is 11.2 Å². The molecule has 0 aromatic carbocycles. The van der Waals surface area contributed by atoms with E-state index in [4.69, 9.17) is 4.42 Å². The van der Waals surface area contributed by atoms with E-state index >= 15 is 0 Å². The maximum Gasteiger partial charge on any atom is 0.204 e. The van der Waals surface area contributed by atoms with E-state index in [2.05, 4.69) is 30.7 Å². The van der Waals surface area contributed by atoms with Gasteiger partial charge in [-0.25, -0.2) is 9.97 Å². The predicted octanol–water partition coefficient (Wildman–Crippen LogP) is 4.24. The zero-order chi connectivity index (χ0) is 15.5. The van der Waals surface area contributed by atoms with Crippen molar-refractivity contribution in [3.8, 4) is 0 Å². The minimum absolute atomic E-state index is 0.0198. The second-order valence-corrected chi connectivity index (χ2v) is 8.19. The highest BCUT2D eigenvalue weighted by Gasteiger charge is 2.19. The van der Waals surface area contributed by atoms with Gasteiger partial charge in [0.1, 0.15) is 16.6 Å². The molecule has 4 nitrogen and oxygen atoms in total. The Morgan fingerprint density at radius 2 is 2.10 bits per heavy atom. The Morgan fingerprint density at radius 1 is 1.33 bits per heavy atom. The first-order valence-corrected chi connectivity index (χ1v) is 8.73. The van der Waals surface area contributed by atoms with Gasteiger partial charge in [-0.2, -0.15) is 0 Å². The molecule has 0 bridgehead atoms. The Hall–Kier alpha value is -1.14. The zero-order valence-electron chi connectivity index (χ0n) is 12.8. The van der Waals surface area contributed by atoms with Crippen LogP contribution < -0.4 is 0 Å². The zero-order valence-corrected chi connectivity index (χ0v) is 14.4. The van der Waals surface area contributed by atoms with Gasteiger partial charge in [0.05, 0.1) is 28.8 Å². The molecule has 0 N–H and O–H groups in total. The molecule has 0 atom stereocenters. The Bertz CT molecular complexity index is 611. The van der Waals surface area contributed by atoms with E-state index in [0.717, 1.165) is 20.9 Å². The Morgan fingerprint density at radius 3 is 2.71 bits per heavy atom. The van der Waals surface area contributed by atoms with Crippen LogP contribution >= 0.6 is 23.1 Å². The van der Waals surface area contributed by atoms with Gasteiger partial charge in [0.25, 0.3) is 0 Å². The van der Waals surface area contributed by atoms with Gasteiger partial charge in [-0.05, 0) is 0 Å². The smallest absolute Gasteiger partial charge is 0.204 e. The average Bonchev–Trinajstić information content (AvgIpc) is 3.04. The number of Topliss-reactive ketones (excluding diaryl/α,β-unsaturated/α-hetero) is 1. The molecule has 2 rings (SSSR count). The van der Waals surface area contributed by atoms with Crippen LogP contribution in [0, 0.1) is 0 Å². The number of hydrogen-bond acceptors (Lipinski definition) is 6. The quantitative estimate of drug-likeness (QED) is 0.744. The first-order valence-electron chi connectivity index (χ1n) is 6.93. The van der Waals surface area contributed by atoms with E-state index in [0.29, 0.717) is 18.6 Å². The van der Waals surface area contributed by atoms with Gasteiger partial charge in [0.15, 0.2) is 0 Å². The standard InChI is InChI=1S/C15H20N2O2S2/c1-5-10(18)6-13-17-8-14(21-13)20-9-12-16-7-11(19-12)15(2,3)4/h7-8H,5-6,9H2,1-4H3. The summed E-state index contributed by atoms with van der Waals surface area (Å²) in [5.41, 5.74) is -0.0198. The van der Waals surface area contributed by atoms with E-state index < -0.39 is 0 Å². The molecule has 0 fully saturated rings. The number of carbonyl (C=O) groups is 1. The third kappa shape index (κ3) is 4.68. The third-order valence-electron chi connectivity index (χ3n) is 2.91. The van der Waals surface area contributed by atoms with Crippen LogP contribution in [0.25, 0.3) is 0 Å². The Labute approximate surface area is 133 Å². The summed E-state index contributed by atoms with van der Waals surface area (Å²) < 4.78 is 6.84. The highest BCUT2D eigenvalue weighted by molar-refractivity contribution is 8.00. The van der Waals surface area contributed by atoms with Gasteiger partial charge in [0, 0.05) is 11.8 Å². The predicted molar refractivity (Wildman–Crippen MR) is 85.9 cm³/mol. The SMILES string of the molecule is CCC(=O)Cc1ncc(SCc2ncc(C(C)(C)C)o2)s1. The third-order valence-corrected chi connectivity index (χ3v) is 5.08. The summed E-state index contributed by atoms with van der Waals surface area (Å²) in [5, 5.41) is 0.882. The van der Waals surface area contributed by atoms with Crippen molar-refractivity contribution < 1.29 is 9.21 Å². The lowest BCUT2D eigenvalue weighted by molar-refractivity contribution is -0.118. The summed E-state index contributed by atoms with van der Waals surface area (Å²) in [4.78, 5) is 20.0. The molecule has 0 aliphatic heterocycles. The number of ketones is 1. The molecule has 0 amide bonds. The van der Waals surface area contributed by atoms with Gasteiger partial charge in [0.2, 0.25) is 5.89 Å². The minimum Gasteiger partial charge on any atom is -0.444 e. The first-order chi connectivity index (χ1) is 9.88. The molecule has 0 aliphatic carbocycles. The number of nitrogens with zero attached hydrogens (tertiary/aromatic N) is 2. The lowest BCUT2D eigenvalue weighted by Crippen LogP contribution is -2.09. The van der Waals surface area contributed by atoms with Crippen LogP contribution in [0.15, 0.2) is 21.0 Å². The van der Waals surface area contributed by atoms with Crippen LogP contribution in [0.5, 0.6) is 0 Å². The summed E-state index contributed by atoms with van der Waals surface area (Å²) in [6, 6.07) is 0. The molecule has 0 unspecified atom stereocenters.